The molecule has 1 rings (SSSR count). The molecule has 0 saturated carbocycles. The fraction of sp³-hybridized carbons (Fsp3) is 0.182. The lowest BCUT2D eigenvalue weighted by Gasteiger charge is -2.04. The Labute approximate surface area is 87.8 Å². The van der Waals surface area contributed by atoms with Crippen molar-refractivity contribution in [1.29, 1.82) is 10.5 Å². The van der Waals surface area contributed by atoms with Gasteiger partial charge in [0.2, 0.25) is 5.91 Å². The summed E-state index contributed by atoms with van der Waals surface area (Å²) in [6, 6.07) is 10.4. The number of amides is 1. The minimum absolute atomic E-state index is 0.153. The van der Waals surface area contributed by atoms with Crippen LogP contribution in [0.3, 0.4) is 0 Å². The summed E-state index contributed by atoms with van der Waals surface area (Å²) in [7, 11) is 0. The molecule has 1 amide bonds. The summed E-state index contributed by atoms with van der Waals surface area (Å²) < 4.78 is 0. The zero-order chi connectivity index (χ0) is 11.3. The van der Waals surface area contributed by atoms with Crippen molar-refractivity contribution in [2.24, 2.45) is 0 Å². The number of nitriles is 2. The number of anilines is 1. The summed E-state index contributed by atoms with van der Waals surface area (Å²) in [6.07, 6.45) is 0. The molecule has 74 valence electrons. The Kier molecular flexibility index (Phi) is 3.43. The molecule has 4 heteroatoms. The van der Waals surface area contributed by atoms with E-state index >= 15 is 0 Å². The van der Waals surface area contributed by atoms with E-state index in [9.17, 15) is 4.79 Å². The standard InChI is InChI=1S/C11H9N3O/c1-8(15)14-11-4-2-9(3-5-11)10(6-12)7-13/h2-5,10H,1H3,(H,14,15). The van der Waals surface area contributed by atoms with E-state index in [0.717, 1.165) is 0 Å². The molecule has 0 atom stereocenters. The van der Waals surface area contributed by atoms with Gasteiger partial charge in [0.15, 0.2) is 5.92 Å². The first-order chi connectivity index (χ1) is 7.17. The largest absolute Gasteiger partial charge is 0.326 e. The van der Waals surface area contributed by atoms with E-state index in [4.69, 9.17) is 10.5 Å². The summed E-state index contributed by atoms with van der Waals surface area (Å²) in [4.78, 5) is 10.7. The maximum absolute atomic E-state index is 10.7. The summed E-state index contributed by atoms with van der Waals surface area (Å²) in [5.74, 6) is -0.906. The lowest BCUT2D eigenvalue weighted by atomic mass is 10.0. The van der Waals surface area contributed by atoms with Gasteiger partial charge in [0, 0.05) is 12.6 Å². The first-order valence-corrected chi connectivity index (χ1v) is 4.34. The van der Waals surface area contributed by atoms with E-state index in [-0.39, 0.29) is 5.91 Å². The zero-order valence-electron chi connectivity index (χ0n) is 8.19. The van der Waals surface area contributed by atoms with Gasteiger partial charge < -0.3 is 5.32 Å². The SMILES string of the molecule is CC(=O)Nc1ccc(C(C#N)C#N)cc1. The van der Waals surface area contributed by atoms with Gasteiger partial charge >= 0.3 is 0 Å². The van der Waals surface area contributed by atoms with E-state index in [1.54, 1.807) is 24.3 Å². The van der Waals surface area contributed by atoms with Crippen LogP contribution in [0.5, 0.6) is 0 Å². The molecule has 1 N–H and O–H groups in total. The smallest absolute Gasteiger partial charge is 0.221 e. The number of benzene rings is 1. The molecular weight excluding hydrogens is 190 g/mol. The Hall–Kier alpha value is -2.33. The zero-order valence-corrected chi connectivity index (χ0v) is 8.19. The Morgan fingerprint density at radius 1 is 1.27 bits per heavy atom. The Morgan fingerprint density at radius 3 is 2.20 bits per heavy atom. The molecule has 0 aliphatic heterocycles. The van der Waals surface area contributed by atoms with Crippen molar-refractivity contribution < 1.29 is 4.79 Å². The van der Waals surface area contributed by atoms with Crippen LogP contribution in [0.25, 0.3) is 0 Å². The molecule has 0 fully saturated rings. The van der Waals surface area contributed by atoms with Crippen molar-refractivity contribution in [2.45, 2.75) is 12.8 Å². The third-order valence-electron chi connectivity index (χ3n) is 1.82. The van der Waals surface area contributed by atoms with Crippen molar-refractivity contribution in [3.63, 3.8) is 0 Å². The molecule has 0 aromatic heterocycles. The average Bonchev–Trinajstić information content (AvgIpc) is 2.21. The van der Waals surface area contributed by atoms with Crippen LogP contribution >= 0.6 is 0 Å². The molecule has 0 saturated heterocycles. The van der Waals surface area contributed by atoms with Crippen molar-refractivity contribution in [3.05, 3.63) is 29.8 Å². The molecule has 0 bridgehead atoms. The van der Waals surface area contributed by atoms with Gasteiger partial charge in [0.1, 0.15) is 0 Å². The van der Waals surface area contributed by atoms with Gasteiger partial charge in [0.05, 0.1) is 12.1 Å². The van der Waals surface area contributed by atoms with Gasteiger partial charge in [-0.3, -0.25) is 4.79 Å². The second-order valence-electron chi connectivity index (χ2n) is 2.99. The van der Waals surface area contributed by atoms with E-state index in [0.29, 0.717) is 11.3 Å². The minimum Gasteiger partial charge on any atom is -0.326 e. The number of hydrogen-bond acceptors (Lipinski definition) is 3. The number of nitrogens with one attached hydrogen (secondary N) is 1. The van der Waals surface area contributed by atoms with Gasteiger partial charge in [-0.2, -0.15) is 10.5 Å². The first kappa shape index (κ1) is 10.7. The second kappa shape index (κ2) is 4.78. The van der Waals surface area contributed by atoms with Gasteiger partial charge in [-0.25, -0.2) is 0 Å². The van der Waals surface area contributed by atoms with Crippen LogP contribution in [-0.4, -0.2) is 5.91 Å². The molecule has 0 spiro atoms. The van der Waals surface area contributed by atoms with E-state index < -0.39 is 5.92 Å². The molecule has 0 radical (unpaired) electrons. The maximum Gasteiger partial charge on any atom is 0.221 e. The number of nitrogens with zero attached hydrogens (tertiary/aromatic N) is 2. The van der Waals surface area contributed by atoms with Gasteiger partial charge in [0.25, 0.3) is 0 Å². The van der Waals surface area contributed by atoms with Gasteiger partial charge in [-0.1, -0.05) is 12.1 Å². The van der Waals surface area contributed by atoms with E-state index in [2.05, 4.69) is 5.32 Å². The summed E-state index contributed by atoms with van der Waals surface area (Å²) in [5, 5.41) is 19.9. The number of rotatable bonds is 2. The van der Waals surface area contributed by atoms with Crippen LogP contribution < -0.4 is 5.32 Å². The number of hydrogen-bond donors (Lipinski definition) is 1. The average molecular weight is 199 g/mol. The highest BCUT2D eigenvalue weighted by Gasteiger charge is 2.08. The molecule has 1 aromatic rings. The number of carbonyl (C=O) groups is 1. The third kappa shape index (κ3) is 2.82. The van der Waals surface area contributed by atoms with Crippen LogP contribution in [-0.2, 0) is 4.79 Å². The molecular formula is C11H9N3O. The Morgan fingerprint density at radius 2 is 1.80 bits per heavy atom. The second-order valence-corrected chi connectivity index (χ2v) is 2.99. The quantitative estimate of drug-likeness (QED) is 0.788. The van der Waals surface area contributed by atoms with Crippen LogP contribution in [0.2, 0.25) is 0 Å². The van der Waals surface area contributed by atoms with Crippen molar-refractivity contribution in [3.8, 4) is 12.1 Å². The Balaban J connectivity index is 2.87. The molecule has 1 aromatic carbocycles. The fourth-order valence-electron chi connectivity index (χ4n) is 1.14. The maximum atomic E-state index is 10.7. The molecule has 4 nitrogen and oxygen atoms in total. The van der Waals surface area contributed by atoms with Crippen LogP contribution in [0, 0.1) is 22.7 Å². The predicted octanol–water partition coefficient (Wildman–Crippen LogP) is 1.78. The van der Waals surface area contributed by atoms with Gasteiger partial charge in [-0.05, 0) is 17.7 Å². The monoisotopic (exact) mass is 199 g/mol. The van der Waals surface area contributed by atoms with Crippen LogP contribution in [0.15, 0.2) is 24.3 Å². The highest BCUT2D eigenvalue weighted by molar-refractivity contribution is 5.88. The van der Waals surface area contributed by atoms with Crippen LogP contribution in [0.1, 0.15) is 18.4 Å². The van der Waals surface area contributed by atoms with E-state index in [1.165, 1.54) is 6.92 Å². The predicted molar refractivity (Wildman–Crippen MR) is 54.7 cm³/mol. The molecule has 0 aliphatic carbocycles. The highest BCUT2D eigenvalue weighted by atomic mass is 16.1. The van der Waals surface area contributed by atoms with Gasteiger partial charge in [-0.15, -0.1) is 0 Å². The fourth-order valence-corrected chi connectivity index (χ4v) is 1.14. The molecule has 0 aliphatic rings. The lowest BCUT2D eigenvalue weighted by Crippen LogP contribution is -2.05. The topological polar surface area (TPSA) is 76.7 Å². The molecule has 0 heterocycles. The van der Waals surface area contributed by atoms with Crippen molar-refractivity contribution in [1.82, 2.24) is 0 Å². The minimum atomic E-state index is -0.753. The number of carbonyl (C=O) groups excluding carboxylic acids is 1. The van der Waals surface area contributed by atoms with Crippen LogP contribution in [0.4, 0.5) is 5.69 Å². The van der Waals surface area contributed by atoms with Crippen molar-refractivity contribution in [2.75, 3.05) is 5.32 Å². The molecule has 15 heavy (non-hydrogen) atoms. The van der Waals surface area contributed by atoms with Crippen molar-refractivity contribution >= 4 is 11.6 Å². The molecule has 0 unspecified atom stereocenters. The first-order valence-electron chi connectivity index (χ1n) is 4.34. The highest BCUT2D eigenvalue weighted by Crippen LogP contribution is 2.16. The Bertz CT molecular complexity index is 422. The lowest BCUT2D eigenvalue weighted by molar-refractivity contribution is -0.114. The summed E-state index contributed by atoms with van der Waals surface area (Å²) >= 11 is 0. The summed E-state index contributed by atoms with van der Waals surface area (Å²) in [5.41, 5.74) is 1.29. The third-order valence-corrected chi connectivity index (χ3v) is 1.82. The normalized spacial score (nSPS) is 9.07. The van der Waals surface area contributed by atoms with E-state index in [1.807, 2.05) is 12.1 Å². The summed E-state index contributed by atoms with van der Waals surface area (Å²) in [6.45, 7) is 1.42.